The van der Waals surface area contributed by atoms with Crippen LogP contribution in [0, 0.1) is 5.82 Å². The molecule has 0 saturated heterocycles. The monoisotopic (exact) mass is 386 g/mol. The van der Waals surface area contributed by atoms with E-state index in [4.69, 9.17) is 9.47 Å². The van der Waals surface area contributed by atoms with Crippen LogP contribution in [0.5, 0.6) is 11.5 Å². The zero-order valence-corrected chi connectivity index (χ0v) is 16.0. The fraction of sp³-hybridized carbons (Fsp3) is 0.200. The molecule has 0 aliphatic carbocycles. The zero-order chi connectivity index (χ0) is 19.4. The number of carbonyl (C=O) groups is 1. The van der Waals surface area contributed by atoms with E-state index < -0.39 is 0 Å². The highest BCUT2D eigenvalue weighted by atomic mass is 32.1. The van der Waals surface area contributed by atoms with Crippen LogP contribution < -0.4 is 14.8 Å². The standard InChI is InChI=1S/C20H19FN2O3S/c1-12(13-4-7-15(21)8-5-13)22-19(24)16-11-27-20(23-16)14-6-9-17(25-2)18(10-14)26-3/h4-12H,1-3H3,(H,22,24). The molecule has 2 aromatic carbocycles. The van der Waals surface area contributed by atoms with Gasteiger partial charge in [-0.2, -0.15) is 0 Å². The van der Waals surface area contributed by atoms with Crippen LogP contribution in [-0.2, 0) is 0 Å². The molecule has 3 rings (SSSR count). The van der Waals surface area contributed by atoms with E-state index in [-0.39, 0.29) is 17.8 Å². The molecule has 3 aromatic rings. The normalized spacial score (nSPS) is 11.7. The van der Waals surface area contributed by atoms with Gasteiger partial charge in [-0.15, -0.1) is 11.3 Å². The molecule has 1 heterocycles. The summed E-state index contributed by atoms with van der Waals surface area (Å²) in [6.45, 7) is 1.84. The van der Waals surface area contributed by atoms with Crippen molar-refractivity contribution in [3.8, 4) is 22.1 Å². The van der Waals surface area contributed by atoms with Crippen molar-refractivity contribution in [2.45, 2.75) is 13.0 Å². The Bertz CT molecular complexity index is 941. The maximum atomic E-state index is 13.0. The summed E-state index contributed by atoms with van der Waals surface area (Å²) in [4.78, 5) is 16.9. The smallest absolute Gasteiger partial charge is 0.271 e. The number of methoxy groups -OCH3 is 2. The Morgan fingerprint density at radius 2 is 1.81 bits per heavy atom. The molecule has 0 radical (unpaired) electrons. The number of ether oxygens (including phenoxy) is 2. The predicted octanol–water partition coefficient (Wildman–Crippen LogP) is 4.46. The van der Waals surface area contributed by atoms with Crippen LogP contribution in [0.3, 0.4) is 0 Å². The summed E-state index contributed by atoms with van der Waals surface area (Å²) in [7, 11) is 3.14. The second kappa shape index (κ2) is 8.18. The number of hydrogen-bond acceptors (Lipinski definition) is 5. The Balaban J connectivity index is 1.75. The lowest BCUT2D eigenvalue weighted by Crippen LogP contribution is -2.26. The van der Waals surface area contributed by atoms with E-state index >= 15 is 0 Å². The molecule has 0 spiro atoms. The van der Waals surface area contributed by atoms with Crippen LogP contribution in [0.2, 0.25) is 0 Å². The summed E-state index contributed by atoms with van der Waals surface area (Å²) in [6.07, 6.45) is 0. The third-order valence-corrected chi connectivity index (χ3v) is 4.98. The molecule has 0 aliphatic heterocycles. The van der Waals surface area contributed by atoms with Gasteiger partial charge in [0.15, 0.2) is 11.5 Å². The fourth-order valence-corrected chi connectivity index (χ4v) is 3.38. The number of nitrogens with one attached hydrogen (secondary N) is 1. The second-order valence-electron chi connectivity index (χ2n) is 5.85. The maximum absolute atomic E-state index is 13.0. The van der Waals surface area contributed by atoms with Crippen LogP contribution in [0.4, 0.5) is 4.39 Å². The van der Waals surface area contributed by atoms with Crippen molar-refractivity contribution in [1.82, 2.24) is 10.3 Å². The van der Waals surface area contributed by atoms with Crippen molar-refractivity contribution in [3.63, 3.8) is 0 Å². The Kier molecular flexibility index (Phi) is 5.71. The highest BCUT2D eigenvalue weighted by Crippen LogP contribution is 2.33. The van der Waals surface area contributed by atoms with E-state index in [0.717, 1.165) is 11.1 Å². The molecular weight excluding hydrogens is 367 g/mol. The van der Waals surface area contributed by atoms with E-state index in [1.165, 1.54) is 23.5 Å². The number of thiazole rings is 1. The van der Waals surface area contributed by atoms with Crippen molar-refractivity contribution in [1.29, 1.82) is 0 Å². The first-order chi connectivity index (χ1) is 13.0. The number of nitrogens with zero attached hydrogens (tertiary/aromatic N) is 1. The van der Waals surface area contributed by atoms with Crippen molar-refractivity contribution >= 4 is 17.2 Å². The lowest BCUT2D eigenvalue weighted by molar-refractivity contribution is 0.0935. The predicted molar refractivity (Wildman–Crippen MR) is 103 cm³/mol. The lowest BCUT2D eigenvalue weighted by Gasteiger charge is -2.13. The summed E-state index contributed by atoms with van der Waals surface area (Å²) in [5.74, 6) is 0.635. The van der Waals surface area contributed by atoms with Gasteiger partial charge in [-0.25, -0.2) is 9.37 Å². The first-order valence-corrected chi connectivity index (χ1v) is 9.14. The molecule has 5 nitrogen and oxygen atoms in total. The van der Waals surface area contributed by atoms with Gasteiger partial charge in [-0.05, 0) is 42.8 Å². The number of benzene rings is 2. The third-order valence-electron chi connectivity index (χ3n) is 4.08. The van der Waals surface area contributed by atoms with Crippen LogP contribution >= 0.6 is 11.3 Å². The Morgan fingerprint density at radius 3 is 2.48 bits per heavy atom. The van der Waals surface area contributed by atoms with Crippen LogP contribution in [0.25, 0.3) is 10.6 Å². The Labute approximate surface area is 160 Å². The molecule has 7 heteroatoms. The zero-order valence-electron chi connectivity index (χ0n) is 15.2. The molecule has 1 aromatic heterocycles. The van der Waals surface area contributed by atoms with Gasteiger partial charge in [0.05, 0.1) is 20.3 Å². The van der Waals surface area contributed by atoms with Crippen molar-refractivity contribution < 1.29 is 18.7 Å². The van der Waals surface area contributed by atoms with Crippen molar-refractivity contribution in [3.05, 3.63) is 64.9 Å². The number of halogens is 1. The number of hydrogen-bond donors (Lipinski definition) is 1. The van der Waals surface area contributed by atoms with Gasteiger partial charge in [0, 0.05) is 10.9 Å². The van der Waals surface area contributed by atoms with Crippen LogP contribution in [0.1, 0.15) is 29.0 Å². The lowest BCUT2D eigenvalue weighted by atomic mass is 10.1. The Morgan fingerprint density at radius 1 is 1.11 bits per heavy atom. The third kappa shape index (κ3) is 4.25. The van der Waals surface area contributed by atoms with Gasteiger partial charge in [0.2, 0.25) is 0 Å². The SMILES string of the molecule is COc1ccc(-c2nc(C(=O)NC(C)c3ccc(F)cc3)cs2)cc1OC. The summed E-state index contributed by atoms with van der Waals surface area (Å²) < 4.78 is 23.6. The van der Waals surface area contributed by atoms with E-state index in [2.05, 4.69) is 10.3 Å². The summed E-state index contributed by atoms with van der Waals surface area (Å²) >= 11 is 1.37. The van der Waals surface area contributed by atoms with Crippen LogP contribution in [-0.4, -0.2) is 25.1 Å². The summed E-state index contributed by atoms with van der Waals surface area (Å²) in [6, 6.07) is 11.3. The van der Waals surface area contributed by atoms with Crippen molar-refractivity contribution in [2.75, 3.05) is 14.2 Å². The van der Waals surface area contributed by atoms with E-state index in [1.54, 1.807) is 37.8 Å². The molecule has 27 heavy (non-hydrogen) atoms. The van der Waals surface area contributed by atoms with Gasteiger partial charge in [-0.1, -0.05) is 12.1 Å². The van der Waals surface area contributed by atoms with E-state index in [0.29, 0.717) is 22.2 Å². The van der Waals surface area contributed by atoms with Gasteiger partial charge >= 0.3 is 0 Å². The first-order valence-electron chi connectivity index (χ1n) is 8.26. The first kappa shape index (κ1) is 18.8. The number of rotatable bonds is 6. The quantitative estimate of drug-likeness (QED) is 0.680. The topological polar surface area (TPSA) is 60.5 Å². The minimum Gasteiger partial charge on any atom is -0.493 e. The van der Waals surface area contributed by atoms with Gasteiger partial charge in [-0.3, -0.25) is 4.79 Å². The molecule has 0 saturated carbocycles. The molecule has 1 unspecified atom stereocenters. The van der Waals surface area contributed by atoms with Gasteiger partial charge in [0.1, 0.15) is 16.5 Å². The van der Waals surface area contributed by atoms with E-state index in [1.807, 2.05) is 19.1 Å². The molecule has 1 amide bonds. The Hall–Kier alpha value is -2.93. The van der Waals surface area contributed by atoms with Crippen molar-refractivity contribution in [2.24, 2.45) is 0 Å². The van der Waals surface area contributed by atoms with Gasteiger partial charge in [0.25, 0.3) is 5.91 Å². The molecule has 140 valence electrons. The van der Waals surface area contributed by atoms with Crippen LogP contribution in [0.15, 0.2) is 47.8 Å². The average Bonchev–Trinajstić information content (AvgIpc) is 3.18. The molecule has 0 fully saturated rings. The fourth-order valence-electron chi connectivity index (χ4n) is 2.59. The second-order valence-corrected chi connectivity index (χ2v) is 6.71. The number of aromatic nitrogens is 1. The molecular formula is C20H19FN2O3S. The number of carbonyl (C=O) groups excluding carboxylic acids is 1. The minimum absolute atomic E-state index is 0.260. The highest BCUT2D eigenvalue weighted by Gasteiger charge is 2.16. The summed E-state index contributed by atoms with van der Waals surface area (Å²) in [5.41, 5.74) is 1.99. The molecule has 1 atom stereocenters. The highest BCUT2D eigenvalue weighted by molar-refractivity contribution is 7.13. The summed E-state index contributed by atoms with van der Waals surface area (Å²) in [5, 5.41) is 5.29. The molecule has 0 bridgehead atoms. The van der Waals surface area contributed by atoms with E-state index in [9.17, 15) is 9.18 Å². The average molecular weight is 386 g/mol. The van der Waals surface area contributed by atoms with Gasteiger partial charge < -0.3 is 14.8 Å². The molecule has 1 N–H and O–H groups in total. The molecule has 0 aliphatic rings. The maximum Gasteiger partial charge on any atom is 0.271 e. The largest absolute Gasteiger partial charge is 0.493 e. The minimum atomic E-state index is -0.309. The number of amides is 1.